The second-order valence-corrected chi connectivity index (χ2v) is 5.79. The normalized spacial score (nSPS) is 12.0. The number of thiophene rings is 2. The smallest absolute Gasteiger partial charge is 0.0351 e. The van der Waals surface area contributed by atoms with Crippen LogP contribution >= 0.6 is 22.7 Å². The van der Waals surface area contributed by atoms with E-state index in [9.17, 15) is 0 Å². The Bertz CT molecular complexity index is 480. The third-order valence-corrected chi connectivity index (χ3v) is 4.43. The highest BCUT2D eigenvalue weighted by molar-refractivity contribution is 7.15. The summed E-state index contributed by atoms with van der Waals surface area (Å²) in [6.45, 7) is 3.18. The summed E-state index contributed by atoms with van der Waals surface area (Å²) in [4.78, 5) is 2.70. The molecule has 2 aromatic rings. The van der Waals surface area contributed by atoms with Crippen LogP contribution in [0.25, 0.3) is 16.5 Å². The number of hydrogen-bond acceptors (Lipinski definition) is 3. The average molecular weight is 263 g/mol. The molecule has 90 valence electrons. The Kier molecular flexibility index (Phi) is 4.54. The van der Waals surface area contributed by atoms with Crippen LogP contribution in [0, 0.1) is 0 Å². The minimum atomic E-state index is 0.975. The first-order valence-corrected chi connectivity index (χ1v) is 7.56. The van der Waals surface area contributed by atoms with Crippen LogP contribution in [0.2, 0.25) is 0 Å². The van der Waals surface area contributed by atoms with Gasteiger partial charge in [0, 0.05) is 21.9 Å². The van der Waals surface area contributed by atoms with Crippen LogP contribution in [0.3, 0.4) is 0 Å². The van der Waals surface area contributed by atoms with Crippen molar-refractivity contribution in [2.45, 2.75) is 13.3 Å². The highest BCUT2D eigenvalue weighted by atomic mass is 32.1. The monoisotopic (exact) mass is 263 g/mol. The molecule has 2 rings (SSSR count). The van der Waals surface area contributed by atoms with E-state index in [2.05, 4.69) is 47.3 Å². The summed E-state index contributed by atoms with van der Waals surface area (Å²) in [5.74, 6) is 0. The molecule has 3 heteroatoms. The first-order chi connectivity index (χ1) is 8.33. The zero-order valence-electron chi connectivity index (χ0n) is 10.2. The second-order valence-electron chi connectivity index (χ2n) is 3.90. The predicted molar refractivity (Wildman–Crippen MR) is 79.8 cm³/mol. The summed E-state index contributed by atoms with van der Waals surface area (Å²) in [5, 5.41) is 7.58. The van der Waals surface area contributed by atoms with E-state index in [1.807, 2.05) is 18.4 Å². The standard InChI is InChI=1S/C14H17NS2/c1-3-11(9-15-2)7-13-8-12(10-17-13)14-5-4-6-16-14/h4-8,10,15H,3,9H2,1-2H3. The minimum Gasteiger partial charge on any atom is -0.316 e. The van der Waals surface area contributed by atoms with Gasteiger partial charge in [0.2, 0.25) is 0 Å². The fraction of sp³-hybridized carbons (Fsp3) is 0.286. The van der Waals surface area contributed by atoms with Gasteiger partial charge in [0.15, 0.2) is 0 Å². The van der Waals surface area contributed by atoms with Crippen molar-refractivity contribution in [3.8, 4) is 10.4 Å². The first kappa shape index (κ1) is 12.6. The van der Waals surface area contributed by atoms with Crippen molar-refractivity contribution in [2.75, 3.05) is 13.6 Å². The molecule has 0 amide bonds. The van der Waals surface area contributed by atoms with E-state index >= 15 is 0 Å². The van der Waals surface area contributed by atoms with Crippen molar-refractivity contribution in [2.24, 2.45) is 0 Å². The summed E-state index contributed by atoms with van der Waals surface area (Å²) < 4.78 is 0. The number of hydrogen-bond donors (Lipinski definition) is 1. The van der Waals surface area contributed by atoms with Crippen molar-refractivity contribution in [1.29, 1.82) is 0 Å². The van der Waals surface area contributed by atoms with Crippen LogP contribution in [-0.2, 0) is 0 Å². The fourth-order valence-electron chi connectivity index (χ4n) is 1.71. The molecule has 2 aromatic heterocycles. The third kappa shape index (κ3) is 3.28. The molecule has 0 aliphatic heterocycles. The Labute approximate surface area is 111 Å². The molecule has 0 fully saturated rings. The molecule has 0 radical (unpaired) electrons. The van der Waals surface area contributed by atoms with E-state index in [1.165, 1.54) is 20.9 Å². The Morgan fingerprint density at radius 2 is 2.29 bits per heavy atom. The van der Waals surface area contributed by atoms with Crippen LogP contribution in [0.1, 0.15) is 18.2 Å². The minimum absolute atomic E-state index is 0.975. The Balaban J connectivity index is 2.18. The molecule has 0 spiro atoms. The van der Waals surface area contributed by atoms with E-state index in [1.54, 1.807) is 11.3 Å². The molecular weight excluding hydrogens is 246 g/mol. The summed E-state index contributed by atoms with van der Waals surface area (Å²) in [5.41, 5.74) is 2.79. The van der Waals surface area contributed by atoms with Gasteiger partial charge >= 0.3 is 0 Å². The van der Waals surface area contributed by atoms with Crippen LogP contribution in [-0.4, -0.2) is 13.6 Å². The highest BCUT2D eigenvalue weighted by Crippen LogP contribution is 2.30. The molecule has 0 aliphatic carbocycles. The molecule has 0 aliphatic rings. The summed E-state index contributed by atoms with van der Waals surface area (Å²) >= 11 is 3.62. The van der Waals surface area contributed by atoms with Crippen molar-refractivity contribution in [3.05, 3.63) is 39.4 Å². The molecule has 17 heavy (non-hydrogen) atoms. The molecule has 1 N–H and O–H groups in total. The topological polar surface area (TPSA) is 12.0 Å². The molecule has 0 bridgehead atoms. The molecule has 0 aromatic carbocycles. The summed E-state index contributed by atoms with van der Waals surface area (Å²) in [6, 6.07) is 6.56. The van der Waals surface area contributed by atoms with Gasteiger partial charge in [-0.3, -0.25) is 0 Å². The van der Waals surface area contributed by atoms with Gasteiger partial charge in [-0.2, -0.15) is 0 Å². The maximum absolute atomic E-state index is 3.21. The zero-order valence-corrected chi connectivity index (χ0v) is 11.8. The van der Waals surface area contributed by atoms with Gasteiger partial charge in [-0.25, -0.2) is 0 Å². The van der Waals surface area contributed by atoms with Crippen LogP contribution in [0.4, 0.5) is 0 Å². The van der Waals surface area contributed by atoms with Gasteiger partial charge < -0.3 is 5.32 Å². The molecule has 1 nitrogen and oxygen atoms in total. The van der Waals surface area contributed by atoms with E-state index < -0.39 is 0 Å². The molecule has 0 atom stereocenters. The average Bonchev–Trinajstić information content (AvgIpc) is 2.98. The molecular formula is C14H17NS2. The van der Waals surface area contributed by atoms with Gasteiger partial charge in [0.25, 0.3) is 0 Å². The van der Waals surface area contributed by atoms with Gasteiger partial charge in [-0.15, -0.1) is 22.7 Å². The number of rotatable bonds is 5. The molecule has 0 saturated heterocycles. The quantitative estimate of drug-likeness (QED) is 0.838. The zero-order chi connectivity index (χ0) is 12.1. The van der Waals surface area contributed by atoms with Crippen molar-refractivity contribution in [3.63, 3.8) is 0 Å². The second kappa shape index (κ2) is 6.15. The summed E-state index contributed by atoms with van der Waals surface area (Å²) in [7, 11) is 2.00. The van der Waals surface area contributed by atoms with Crippen molar-refractivity contribution >= 4 is 28.7 Å². The maximum atomic E-state index is 3.21. The van der Waals surface area contributed by atoms with Crippen LogP contribution in [0.5, 0.6) is 0 Å². The van der Waals surface area contributed by atoms with E-state index in [-0.39, 0.29) is 0 Å². The third-order valence-electron chi connectivity index (χ3n) is 2.63. The lowest BCUT2D eigenvalue weighted by molar-refractivity contribution is 0.851. The Morgan fingerprint density at radius 3 is 2.94 bits per heavy atom. The number of likely N-dealkylation sites (N-methyl/N-ethyl adjacent to an activating group) is 1. The Hall–Kier alpha value is -0.900. The first-order valence-electron chi connectivity index (χ1n) is 5.80. The fourth-order valence-corrected chi connectivity index (χ4v) is 3.38. The van der Waals surface area contributed by atoms with Gasteiger partial charge in [-0.1, -0.05) is 18.6 Å². The van der Waals surface area contributed by atoms with Gasteiger partial charge in [-0.05, 0) is 42.4 Å². The van der Waals surface area contributed by atoms with Crippen LogP contribution < -0.4 is 5.32 Å². The lowest BCUT2D eigenvalue weighted by Crippen LogP contribution is -2.09. The van der Waals surface area contributed by atoms with Crippen LogP contribution in [0.15, 0.2) is 34.5 Å². The molecule has 2 heterocycles. The van der Waals surface area contributed by atoms with Crippen molar-refractivity contribution in [1.82, 2.24) is 5.32 Å². The SMILES string of the molecule is CCC(=Cc1cc(-c2cccs2)cs1)CNC. The van der Waals surface area contributed by atoms with Gasteiger partial charge in [0.05, 0.1) is 0 Å². The van der Waals surface area contributed by atoms with E-state index in [0.29, 0.717) is 0 Å². The lowest BCUT2D eigenvalue weighted by Gasteiger charge is -2.01. The predicted octanol–water partition coefficient (Wildman–Crippen LogP) is 4.49. The van der Waals surface area contributed by atoms with E-state index in [4.69, 9.17) is 0 Å². The highest BCUT2D eigenvalue weighted by Gasteiger charge is 2.02. The lowest BCUT2D eigenvalue weighted by atomic mass is 10.1. The van der Waals surface area contributed by atoms with E-state index in [0.717, 1.165) is 13.0 Å². The van der Waals surface area contributed by atoms with Crippen molar-refractivity contribution < 1.29 is 0 Å². The molecule has 0 unspecified atom stereocenters. The Morgan fingerprint density at radius 1 is 1.41 bits per heavy atom. The maximum Gasteiger partial charge on any atom is 0.0351 e. The number of nitrogens with one attached hydrogen (secondary N) is 1. The van der Waals surface area contributed by atoms with Gasteiger partial charge in [0.1, 0.15) is 0 Å². The molecule has 0 saturated carbocycles. The largest absolute Gasteiger partial charge is 0.316 e. The summed E-state index contributed by atoms with van der Waals surface area (Å²) in [6.07, 6.45) is 3.41.